The zero-order valence-electron chi connectivity index (χ0n) is 14.9. The fraction of sp³-hybridized carbons (Fsp3) is 0.444. The van der Waals surface area contributed by atoms with Gasteiger partial charge in [-0.05, 0) is 23.8 Å². The van der Waals surface area contributed by atoms with E-state index in [-0.39, 0.29) is 11.5 Å². The molecule has 148 valence electrons. The third-order valence-electron chi connectivity index (χ3n) is 4.29. The molecule has 0 saturated heterocycles. The molecule has 0 spiro atoms. The Labute approximate surface area is 155 Å². The highest BCUT2D eigenvalue weighted by atomic mass is 16.6. The molecule has 1 aliphatic carbocycles. The summed E-state index contributed by atoms with van der Waals surface area (Å²) < 4.78 is 14.5. The molecule has 0 amide bonds. The molecular formula is C18H22O9. The fourth-order valence-corrected chi connectivity index (χ4v) is 2.91. The lowest BCUT2D eigenvalue weighted by atomic mass is 9.79. The molecule has 0 heterocycles. The number of aromatic hydroxyl groups is 1. The van der Waals surface area contributed by atoms with E-state index < -0.39 is 48.7 Å². The summed E-state index contributed by atoms with van der Waals surface area (Å²) in [6.45, 7) is 0. The Bertz CT molecular complexity index is 716. The molecule has 9 heteroatoms. The zero-order chi connectivity index (χ0) is 20.2. The van der Waals surface area contributed by atoms with Crippen molar-refractivity contribution in [2.24, 2.45) is 0 Å². The van der Waals surface area contributed by atoms with Gasteiger partial charge < -0.3 is 34.6 Å². The van der Waals surface area contributed by atoms with E-state index in [1.165, 1.54) is 25.3 Å². The van der Waals surface area contributed by atoms with Crippen molar-refractivity contribution in [1.82, 2.24) is 0 Å². The van der Waals surface area contributed by atoms with E-state index in [0.29, 0.717) is 5.56 Å². The van der Waals surface area contributed by atoms with Gasteiger partial charge in [-0.25, -0.2) is 9.59 Å². The number of esters is 2. The predicted molar refractivity (Wildman–Crippen MR) is 91.8 cm³/mol. The average Bonchev–Trinajstić information content (AvgIpc) is 2.63. The zero-order valence-corrected chi connectivity index (χ0v) is 14.9. The van der Waals surface area contributed by atoms with Crippen molar-refractivity contribution in [2.45, 2.75) is 36.8 Å². The summed E-state index contributed by atoms with van der Waals surface area (Å²) in [6.07, 6.45) is -2.61. The minimum absolute atomic E-state index is 0.0521. The first-order valence-corrected chi connectivity index (χ1v) is 8.13. The molecular weight excluding hydrogens is 360 g/mol. The largest absolute Gasteiger partial charge is 0.504 e. The molecule has 0 unspecified atom stereocenters. The average molecular weight is 382 g/mol. The molecule has 0 bridgehead atoms. The Morgan fingerprint density at radius 2 is 1.81 bits per heavy atom. The maximum absolute atomic E-state index is 12.0. The minimum atomic E-state index is -2.05. The molecule has 1 saturated carbocycles. The molecule has 4 N–H and O–H groups in total. The van der Waals surface area contributed by atoms with Crippen LogP contribution in [0.1, 0.15) is 18.4 Å². The van der Waals surface area contributed by atoms with Crippen LogP contribution in [0.3, 0.4) is 0 Å². The van der Waals surface area contributed by atoms with E-state index in [2.05, 4.69) is 4.74 Å². The van der Waals surface area contributed by atoms with Crippen LogP contribution in [0.5, 0.6) is 11.5 Å². The van der Waals surface area contributed by atoms with Gasteiger partial charge >= 0.3 is 11.9 Å². The number of carbonyl (C=O) groups is 2. The molecule has 27 heavy (non-hydrogen) atoms. The van der Waals surface area contributed by atoms with Gasteiger partial charge in [0.15, 0.2) is 23.2 Å². The van der Waals surface area contributed by atoms with Crippen LogP contribution in [0.2, 0.25) is 0 Å². The first kappa shape index (κ1) is 20.7. The quantitative estimate of drug-likeness (QED) is 0.400. The number of phenols is 1. The Hall–Kier alpha value is -2.62. The number of carbonyl (C=O) groups excluding carboxylic acids is 2. The van der Waals surface area contributed by atoms with Crippen LogP contribution >= 0.6 is 0 Å². The Morgan fingerprint density at radius 3 is 2.37 bits per heavy atom. The van der Waals surface area contributed by atoms with E-state index >= 15 is 0 Å². The van der Waals surface area contributed by atoms with Crippen molar-refractivity contribution in [3.63, 3.8) is 0 Å². The van der Waals surface area contributed by atoms with Crippen molar-refractivity contribution in [3.05, 3.63) is 29.8 Å². The highest BCUT2D eigenvalue weighted by molar-refractivity contribution is 5.87. The van der Waals surface area contributed by atoms with Crippen molar-refractivity contribution >= 4 is 18.0 Å². The number of methoxy groups -OCH3 is 2. The lowest BCUT2D eigenvalue weighted by Gasteiger charge is -2.39. The molecule has 2 rings (SSSR count). The van der Waals surface area contributed by atoms with Gasteiger partial charge in [0.2, 0.25) is 0 Å². The van der Waals surface area contributed by atoms with Crippen LogP contribution < -0.4 is 4.74 Å². The first-order chi connectivity index (χ1) is 12.7. The minimum Gasteiger partial charge on any atom is -0.504 e. The number of aliphatic hydroxyl groups is 3. The SMILES string of the molecule is COC(=O)C1(O)C[C@@H](O)C(OC(=O)C=Cc2ccc(O)c(OC)c2)[C@H](O)C1. The van der Waals surface area contributed by atoms with E-state index in [1.54, 1.807) is 6.07 Å². The molecule has 0 aromatic heterocycles. The van der Waals surface area contributed by atoms with Crippen molar-refractivity contribution in [2.75, 3.05) is 14.2 Å². The van der Waals surface area contributed by atoms with E-state index in [4.69, 9.17) is 9.47 Å². The van der Waals surface area contributed by atoms with Gasteiger partial charge in [0, 0.05) is 18.9 Å². The number of ether oxygens (including phenoxy) is 3. The predicted octanol–water partition coefficient (Wildman–Crippen LogP) is -0.255. The number of aliphatic hydroxyl groups excluding tert-OH is 2. The Kier molecular flexibility index (Phi) is 6.42. The second-order valence-corrected chi connectivity index (χ2v) is 6.23. The number of phenolic OH excluding ortho intramolecular Hbond substituents is 1. The summed E-state index contributed by atoms with van der Waals surface area (Å²) in [5.41, 5.74) is -1.50. The van der Waals surface area contributed by atoms with E-state index in [0.717, 1.165) is 13.2 Å². The molecule has 2 atom stereocenters. The monoisotopic (exact) mass is 382 g/mol. The van der Waals surface area contributed by atoms with Gasteiger partial charge in [-0.1, -0.05) is 6.07 Å². The molecule has 1 aliphatic rings. The lowest BCUT2D eigenvalue weighted by molar-refractivity contribution is -0.198. The van der Waals surface area contributed by atoms with Gasteiger partial charge in [0.1, 0.15) is 0 Å². The lowest BCUT2D eigenvalue weighted by Crippen LogP contribution is -2.57. The highest BCUT2D eigenvalue weighted by Gasteiger charge is 2.50. The third-order valence-corrected chi connectivity index (χ3v) is 4.29. The molecule has 0 aliphatic heterocycles. The van der Waals surface area contributed by atoms with E-state index in [1.807, 2.05) is 0 Å². The standard InChI is InChI=1S/C18H22O9/c1-25-14-7-10(3-5-11(14)19)4-6-15(22)27-16-12(20)8-18(24,9-13(16)21)17(23)26-2/h3-7,12-13,16,19-21,24H,8-9H2,1-2H3/t12-,13-,16?,18?/m1/s1. The Morgan fingerprint density at radius 1 is 1.19 bits per heavy atom. The van der Waals surface area contributed by atoms with Crippen molar-refractivity contribution < 1.29 is 44.2 Å². The van der Waals surface area contributed by atoms with Crippen LogP contribution in [-0.4, -0.2) is 70.5 Å². The van der Waals surface area contributed by atoms with Gasteiger partial charge in [-0.15, -0.1) is 0 Å². The second-order valence-electron chi connectivity index (χ2n) is 6.23. The van der Waals surface area contributed by atoms with Gasteiger partial charge in [0.05, 0.1) is 26.4 Å². The topological polar surface area (TPSA) is 143 Å². The Balaban J connectivity index is 2.02. The number of benzene rings is 1. The van der Waals surface area contributed by atoms with Crippen molar-refractivity contribution in [1.29, 1.82) is 0 Å². The maximum Gasteiger partial charge on any atom is 0.338 e. The number of hydrogen-bond donors (Lipinski definition) is 4. The van der Waals surface area contributed by atoms with Crippen LogP contribution in [-0.2, 0) is 19.1 Å². The van der Waals surface area contributed by atoms with Crippen LogP contribution in [0.25, 0.3) is 6.08 Å². The maximum atomic E-state index is 12.0. The molecule has 0 radical (unpaired) electrons. The van der Waals surface area contributed by atoms with Crippen LogP contribution in [0.4, 0.5) is 0 Å². The summed E-state index contributed by atoms with van der Waals surface area (Å²) in [5, 5.41) is 39.9. The summed E-state index contributed by atoms with van der Waals surface area (Å²) in [7, 11) is 2.46. The molecule has 1 aromatic carbocycles. The van der Waals surface area contributed by atoms with Crippen LogP contribution in [0, 0.1) is 0 Å². The molecule has 1 fully saturated rings. The summed E-state index contributed by atoms with van der Waals surface area (Å²) >= 11 is 0. The third kappa shape index (κ3) is 4.76. The fourth-order valence-electron chi connectivity index (χ4n) is 2.91. The van der Waals surface area contributed by atoms with E-state index in [9.17, 15) is 30.0 Å². The van der Waals surface area contributed by atoms with Gasteiger partial charge in [-0.2, -0.15) is 0 Å². The molecule has 9 nitrogen and oxygen atoms in total. The van der Waals surface area contributed by atoms with Crippen LogP contribution in [0.15, 0.2) is 24.3 Å². The highest BCUT2D eigenvalue weighted by Crippen LogP contribution is 2.32. The number of rotatable bonds is 5. The van der Waals surface area contributed by atoms with Gasteiger partial charge in [0.25, 0.3) is 0 Å². The first-order valence-electron chi connectivity index (χ1n) is 8.13. The smallest absolute Gasteiger partial charge is 0.338 e. The summed E-state index contributed by atoms with van der Waals surface area (Å²) in [4.78, 5) is 23.6. The van der Waals surface area contributed by atoms with Crippen molar-refractivity contribution in [3.8, 4) is 11.5 Å². The second kappa shape index (κ2) is 8.38. The number of hydrogen-bond acceptors (Lipinski definition) is 9. The summed E-state index contributed by atoms with van der Waals surface area (Å²) in [5.74, 6) is -1.64. The van der Waals surface area contributed by atoms with Gasteiger partial charge in [-0.3, -0.25) is 0 Å². The molecule has 1 aromatic rings. The summed E-state index contributed by atoms with van der Waals surface area (Å²) in [6, 6.07) is 4.44. The normalized spacial score (nSPS) is 28.0.